The molecule has 0 atom stereocenters. The van der Waals surface area contributed by atoms with Crippen molar-refractivity contribution in [3.05, 3.63) is 35.4 Å². The summed E-state index contributed by atoms with van der Waals surface area (Å²) in [7, 11) is 0. The van der Waals surface area contributed by atoms with E-state index in [9.17, 15) is 8.78 Å². The maximum atomic E-state index is 14.0. The van der Waals surface area contributed by atoms with Crippen molar-refractivity contribution in [2.45, 2.75) is 64.8 Å². The van der Waals surface area contributed by atoms with Gasteiger partial charge in [0, 0.05) is 12.1 Å². The van der Waals surface area contributed by atoms with E-state index in [1.165, 1.54) is 25.3 Å². The summed E-state index contributed by atoms with van der Waals surface area (Å²) in [4.78, 5) is 0. The molecule has 0 aromatic heterocycles. The molecule has 1 saturated carbocycles. The molecule has 1 aromatic carbocycles. The molecule has 1 fully saturated rings. The fourth-order valence-corrected chi connectivity index (χ4v) is 3.26. The molecular formula is C18H27F2N. The van der Waals surface area contributed by atoms with Crippen LogP contribution in [0.3, 0.4) is 0 Å². The molecular weight excluding hydrogens is 268 g/mol. The van der Waals surface area contributed by atoms with Gasteiger partial charge in [-0.3, -0.25) is 0 Å². The highest BCUT2D eigenvalue weighted by molar-refractivity contribution is 5.21. The van der Waals surface area contributed by atoms with Gasteiger partial charge in [-0.1, -0.05) is 31.4 Å². The van der Waals surface area contributed by atoms with Crippen molar-refractivity contribution in [3.63, 3.8) is 0 Å². The fraction of sp³-hybridized carbons (Fsp3) is 0.667. The highest BCUT2D eigenvalue weighted by atomic mass is 19.2. The van der Waals surface area contributed by atoms with E-state index in [4.69, 9.17) is 0 Å². The third-order valence-corrected chi connectivity index (χ3v) is 4.50. The fourth-order valence-electron chi connectivity index (χ4n) is 3.26. The van der Waals surface area contributed by atoms with Gasteiger partial charge in [-0.15, -0.1) is 0 Å². The SMILES string of the molecule is CC(C)(C)NCC1(Cc2cccc(F)c2F)CCCCC1. The molecule has 0 amide bonds. The molecule has 2 rings (SSSR count). The Morgan fingerprint density at radius 3 is 2.38 bits per heavy atom. The van der Waals surface area contributed by atoms with E-state index in [0.717, 1.165) is 19.4 Å². The van der Waals surface area contributed by atoms with Gasteiger partial charge in [0.1, 0.15) is 0 Å². The van der Waals surface area contributed by atoms with E-state index >= 15 is 0 Å². The van der Waals surface area contributed by atoms with Crippen LogP contribution in [-0.4, -0.2) is 12.1 Å². The number of benzene rings is 1. The minimum Gasteiger partial charge on any atom is -0.312 e. The second kappa shape index (κ2) is 6.43. The Hall–Kier alpha value is -0.960. The zero-order valence-electron chi connectivity index (χ0n) is 13.4. The third-order valence-electron chi connectivity index (χ3n) is 4.50. The maximum absolute atomic E-state index is 14.0. The lowest BCUT2D eigenvalue weighted by Gasteiger charge is -2.40. The van der Waals surface area contributed by atoms with Gasteiger partial charge in [-0.2, -0.15) is 0 Å². The first-order chi connectivity index (χ1) is 9.81. The first kappa shape index (κ1) is 16.4. The largest absolute Gasteiger partial charge is 0.312 e. The molecule has 0 spiro atoms. The predicted molar refractivity (Wildman–Crippen MR) is 83.3 cm³/mol. The molecule has 1 N–H and O–H groups in total. The van der Waals surface area contributed by atoms with Crippen molar-refractivity contribution in [3.8, 4) is 0 Å². The van der Waals surface area contributed by atoms with E-state index < -0.39 is 11.6 Å². The van der Waals surface area contributed by atoms with Crippen molar-refractivity contribution in [2.75, 3.05) is 6.54 Å². The molecule has 0 heterocycles. The molecule has 1 aromatic rings. The van der Waals surface area contributed by atoms with Crippen molar-refractivity contribution < 1.29 is 8.78 Å². The summed E-state index contributed by atoms with van der Waals surface area (Å²) >= 11 is 0. The van der Waals surface area contributed by atoms with Gasteiger partial charge in [0.25, 0.3) is 0 Å². The smallest absolute Gasteiger partial charge is 0.162 e. The second-order valence-electron chi connectivity index (χ2n) is 7.55. The van der Waals surface area contributed by atoms with Crippen LogP contribution in [0.5, 0.6) is 0 Å². The first-order valence-corrected chi connectivity index (χ1v) is 7.99. The molecule has 118 valence electrons. The lowest BCUT2D eigenvalue weighted by molar-refractivity contribution is 0.163. The number of hydrogen-bond acceptors (Lipinski definition) is 1. The predicted octanol–water partition coefficient (Wildman–Crippen LogP) is 4.85. The van der Waals surface area contributed by atoms with Crippen LogP contribution in [0.25, 0.3) is 0 Å². The van der Waals surface area contributed by atoms with Crippen LogP contribution in [0.4, 0.5) is 8.78 Å². The summed E-state index contributed by atoms with van der Waals surface area (Å²) in [6.45, 7) is 7.30. The summed E-state index contributed by atoms with van der Waals surface area (Å²) in [5.41, 5.74) is 0.623. The van der Waals surface area contributed by atoms with E-state index in [2.05, 4.69) is 26.1 Å². The monoisotopic (exact) mass is 295 g/mol. The lowest BCUT2D eigenvalue weighted by atomic mass is 9.70. The van der Waals surface area contributed by atoms with Crippen LogP contribution in [0.15, 0.2) is 18.2 Å². The number of halogens is 2. The maximum Gasteiger partial charge on any atom is 0.162 e. The highest BCUT2D eigenvalue weighted by Gasteiger charge is 2.34. The van der Waals surface area contributed by atoms with E-state index in [1.807, 2.05) is 0 Å². The average molecular weight is 295 g/mol. The van der Waals surface area contributed by atoms with Crippen molar-refractivity contribution >= 4 is 0 Å². The Labute approximate surface area is 127 Å². The minimum atomic E-state index is -0.734. The van der Waals surface area contributed by atoms with Crippen LogP contribution in [0.1, 0.15) is 58.4 Å². The molecule has 0 aliphatic heterocycles. The standard InChI is InChI=1S/C18H27F2N/c1-17(2,3)21-13-18(10-5-4-6-11-18)12-14-8-7-9-15(19)16(14)20/h7-9,21H,4-6,10-13H2,1-3H3. The molecule has 1 nitrogen and oxygen atoms in total. The molecule has 3 heteroatoms. The second-order valence-corrected chi connectivity index (χ2v) is 7.55. The van der Waals surface area contributed by atoms with E-state index in [0.29, 0.717) is 12.0 Å². The van der Waals surface area contributed by atoms with Gasteiger partial charge in [0.15, 0.2) is 11.6 Å². The van der Waals surface area contributed by atoms with Crippen LogP contribution < -0.4 is 5.32 Å². The normalized spacial score (nSPS) is 18.7. The van der Waals surface area contributed by atoms with Gasteiger partial charge >= 0.3 is 0 Å². The summed E-state index contributed by atoms with van der Waals surface area (Å²) in [5, 5.41) is 3.57. The Morgan fingerprint density at radius 2 is 1.76 bits per heavy atom. The number of rotatable bonds is 4. The summed E-state index contributed by atoms with van der Waals surface area (Å²) in [5.74, 6) is -1.40. The zero-order chi connectivity index (χ0) is 15.5. The average Bonchev–Trinajstić information content (AvgIpc) is 2.42. The van der Waals surface area contributed by atoms with E-state index in [1.54, 1.807) is 12.1 Å². The molecule has 1 aliphatic rings. The van der Waals surface area contributed by atoms with Gasteiger partial charge in [-0.25, -0.2) is 8.78 Å². The lowest BCUT2D eigenvalue weighted by Crippen LogP contribution is -2.45. The zero-order valence-corrected chi connectivity index (χ0v) is 13.4. The van der Waals surface area contributed by atoms with Crippen LogP contribution in [-0.2, 0) is 6.42 Å². The van der Waals surface area contributed by atoms with Gasteiger partial charge < -0.3 is 5.32 Å². The topological polar surface area (TPSA) is 12.0 Å². The Morgan fingerprint density at radius 1 is 1.10 bits per heavy atom. The third kappa shape index (κ3) is 4.50. The molecule has 0 saturated heterocycles. The van der Waals surface area contributed by atoms with Crippen LogP contribution >= 0.6 is 0 Å². The summed E-state index contributed by atoms with van der Waals surface area (Å²) in [6, 6.07) is 4.53. The molecule has 0 radical (unpaired) electrons. The summed E-state index contributed by atoms with van der Waals surface area (Å²) < 4.78 is 27.4. The highest BCUT2D eigenvalue weighted by Crippen LogP contribution is 2.39. The molecule has 0 unspecified atom stereocenters. The van der Waals surface area contributed by atoms with Crippen LogP contribution in [0, 0.1) is 17.0 Å². The molecule has 1 aliphatic carbocycles. The van der Waals surface area contributed by atoms with Crippen molar-refractivity contribution in [1.82, 2.24) is 5.32 Å². The number of nitrogens with one attached hydrogen (secondary N) is 1. The van der Waals surface area contributed by atoms with Gasteiger partial charge in [0.2, 0.25) is 0 Å². The van der Waals surface area contributed by atoms with Crippen LogP contribution in [0.2, 0.25) is 0 Å². The molecule has 0 bridgehead atoms. The minimum absolute atomic E-state index is 0.0466. The van der Waals surface area contributed by atoms with Crippen molar-refractivity contribution in [2.24, 2.45) is 5.41 Å². The molecule has 21 heavy (non-hydrogen) atoms. The Balaban J connectivity index is 2.17. The van der Waals surface area contributed by atoms with Gasteiger partial charge in [0.05, 0.1) is 0 Å². The van der Waals surface area contributed by atoms with Gasteiger partial charge in [-0.05, 0) is 57.1 Å². The Kier molecular flexibility index (Phi) is 5.03. The quantitative estimate of drug-likeness (QED) is 0.837. The summed E-state index contributed by atoms with van der Waals surface area (Å²) in [6.07, 6.45) is 6.42. The Bertz CT molecular complexity index is 471. The van der Waals surface area contributed by atoms with Crippen molar-refractivity contribution in [1.29, 1.82) is 0 Å². The van der Waals surface area contributed by atoms with E-state index in [-0.39, 0.29) is 11.0 Å². The first-order valence-electron chi connectivity index (χ1n) is 7.99. The number of hydrogen-bond donors (Lipinski definition) is 1.